The van der Waals surface area contributed by atoms with E-state index in [0.717, 1.165) is 19.3 Å². The standard InChI is InChI=1S/C19H36N4O4S/c1-4-13-28(26,27)23-8-6-7-17(14-23)19(25)22-11-9-21(10-12-22)15-18(24)20-16(3)5-2/h16-17H,4-15H2,1-3H3,(H,20,24). The summed E-state index contributed by atoms with van der Waals surface area (Å²) in [6.07, 6.45) is 2.97. The summed E-state index contributed by atoms with van der Waals surface area (Å²) in [5.41, 5.74) is 0. The van der Waals surface area contributed by atoms with Crippen LogP contribution < -0.4 is 5.32 Å². The largest absolute Gasteiger partial charge is 0.353 e. The Labute approximate surface area is 169 Å². The molecule has 2 saturated heterocycles. The molecule has 0 bridgehead atoms. The predicted octanol–water partition coefficient (Wildman–Crippen LogP) is 0.497. The molecule has 2 unspecified atom stereocenters. The quantitative estimate of drug-likeness (QED) is 0.622. The highest BCUT2D eigenvalue weighted by molar-refractivity contribution is 7.89. The first-order valence-corrected chi connectivity index (χ1v) is 12.2. The molecule has 8 nitrogen and oxygen atoms in total. The number of nitrogens with zero attached hydrogens (tertiary/aromatic N) is 3. The highest BCUT2D eigenvalue weighted by Crippen LogP contribution is 2.22. The van der Waals surface area contributed by atoms with Crippen LogP contribution in [-0.2, 0) is 19.6 Å². The molecule has 2 fully saturated rings. The van der Waals surface area contributed by atoms with Gasteiger partial charge < -0.3 is 10.2 Å². The Bertz CT molecular complexity index is 632. The molecule has 9 heteroatoms. The summed E-state index contributed by atoms with van der Waals surface area (Å²) in [6, 6.07) is 0.175. The Kier molecular flexibility index (Phi) is 8.70. The molecule has 2 heterocycles. The third-order valence-electron chi connectivity index (χ3n) is 5.66. The van der Waals surface area contributed by atoms with E-state index in [-0.39, 0.29) is 29.5 Å². The van der Waals surface area contributed by atoms with Crippen LogP contribution in [0.5, 0.6) is 0 Å². The lowest BCUT2D eigenvalue weighted by Crippen LogP contribution is -2.54. The van der Waals surface area contributed by atoms with Crippen molar-refractivity contribution in [1.29, 1.82) is 0 Å². The maximum absolute atomic E-state index is 12.9. The van der Waals surface area contributed by atoms with E-state index in [9.17, 15) is 18.0 Å². The lowest BCUT2D eigenvalue weighted by Gasteiger charge is -2.38. The summed E-state index contributed by atoms with van der Waals surface area (Å²) in [5.74, 6) is -0.0235. The average molecular weight is 417 g/mol. The molecule has 0 aliphatic carbocycles. The number of piperidine rings is 1. The zero-order valence-electron chi connectivity index (χ0n) is 17.5. The molecule has 0 aromatic heterocycles. The first-order chi connectivity index (χ1) is 13.3. The number of rotatable bonds is 8. The van der Waals surface area contributed by atoms with Gasteiger partial charge in [0.2, 0.25) is 21.8 Å². The van der Waals surface area contributed by atoms with Gasteiger partial charge in [0, 0.05) is 45.3 Å². The number of carbonyl (C=O) groups is 2. The van der Waals surface area contributed by atoms with Gasteiger partial charge in [-0.2, -0.15) is 0 Å². The number of carbonyl (C=O) groups excluding carboxylic acids is 2. The maximum Gasteiger partial charge on any atom is 0.234 e. The van der Waals surface area contributed by atoms with Gasteiger partial charge in [-0.05, 0) is 32.6 Å². The van der Waals surface area contributed by atoms with E-state index in [2.05, 4.69) is 10.2 Å². The summed E-state index contributed by atoms with van der Waals surface area (Å²) in [7, 11) is -3.26. The predicted molar refractivity (Wildman–Crippen MR) is 109 cm³/mol. The second kappa shape index (κ2) is 10.5. The minimum Gasteiger partial charge on any atom is -0.353 e. The molecule has 2 rings (SSSR count). The van der Waals surface area contributed by atoms with Crippen molar-refractivity contribution >= 4 is 21.8 Å². The van der Waals surface area contributed by atoms with E-state index in [0.29, 0.717) is 52.2 Å². The number of sulfonamides is 1. The van der Waals surface area contributed by atoms with Crippen LogP contribution >= 0.6 is 0 Å². The highest BCUT2D eigenvalue weighted by Gasteiger charge is 2.34. The molecule has 2 aliphatic heterocycles. The van der Waals surface area contributed by atoms with Crippen LogP contribution in [0.3, 0.4) is 0 Å². The fourth-order valence-corrected chi connectivity index (χ4v) is 5.38. The summed E-state index contributed by atoms with van der Waals surface area (Å²) in [5, 5.41) is 2.97. The second-order valence-electron chi connectivity index (χ2n) is 7.99. The Balaban J connectivity index is 1.82. The third kappa shape index (κ3) is 6.42. The summed E-state index contributed by atoms with van der Waals surface area (Å²) in [4.78, 5) is 28.8. The van der Waals surface area contributed by atoms with Crippen LogP contribution in [0.4, 0.5) is 0 Å². The van der Waals surface area contributed by atoms with E-state index in [1.54, 1.807) is 0 Å². The van der Waals surface area contributed by atoms with Crippen LogP contribution in [-0.4, -0.2) is 91.9 Å². The van der Waals surface area contributed by atoms with Crippen molar-refractivity contribution in [2.24, 2.45) is 5.92 Å². The SMILES string of the molecule is CCCS(=O)(=O)N1CCCC(C(=O)N2CCN(CC(=O)NC(C)CC)CC2)C1. The van der Waals surface area contributed by atoms with Crippen LogP contribution in [0.15, 0.2) is 0 Å². The van der Waals surface area contributed by atoms with E-state index >= 15 is 0 Å². The van der Waals surface area contributed by atoms with Gasteiger partial charge in [0.25, 0.3) is 0 Å². The zero-order chi connectivity index (χ0) is 20.7. The van der Waals surface area contributed by atoms with E-state index < -0.39 is 10.0 Å². The van der Waals surface area contributed by atoms with Crippen molar-refractivity contribution < 1.29 is 18.0 Å². The molecule has 2 atom stereocenters. The highest BCUT2D eigenvalue weighted by atomic mass is 32.2. The van der Waals surface area contributed by atoms with Crippen LogP contribution in [0, 0.1) is 5.92 Å². The number of piperazine rings is 1. The fraction of sp³-hybridized carbons (Fsp3) is 0.895. The van der Waals surface area contributed by atoms with Gasteiger partial charge >= 0.3 is 0 Å². The van der Waals surface area contributed by atoms with E-state index in [1.807, 2.05) is 25.7 Å². The zero-order valence-corrected chi connectivity index (χ0v) is 18.3. The molecule has 0 saturated carbocycles. The topological polar surface area (TPSA) is 90.0 Å². The average Bonchev–Trinajstić information content (AvgIpc) is 2.68. The van der Waals surface area contributed by atoms with Gasteiger partial charge in [-0.1, -0.05) is 13.8 Å². The number of nitrogens with one attached hydrogen (secondary N) is 1. The van der Waals surface area contributed by atoms with E-state index in [1.165, 1.54) is 4.31 Å². The van der Waals surface area contributed by atoms with Crippen molar-refractivity contribution in [1.82, 2.24) is 19.4 Å². The maximum atomic E-state index is 12.9. The summed E-state index contributed by atoms with van der Waals surface area (Å²) >= 11 is 0. The van der Waals surface area contributed by atoms with Crippen LogP contribution in [0.1, 0.15) is 46.5 Å². The van der Waals surface area contributed by atoms with Crippen LogP contribution in [0.2, 0.25) is 0 Å². The second-order valence-corrected chi connectivity index (χ2v) is 10.1. The normalized spacial score (nSPS) is 23.4. The van der Waals surface area contributed by atoms with Crippen molar-refractivity contribution in [2.75, 3.05) is 51.6 Å². The molecule has 0 radical (unpaired) electrons. The molecule has 28 heavy (non-hydrogen) atoms. The Morgan fingerprint density at radius 2 is 1.79 bits per heavy atom. The van der Waals surface area contributed by atoms with Gasteiger partial charge in [-0.25, -0.2) is 12.7 Å². The molecule has 2 amide bonds. The molecule has 0 spiro atoms. The van der Waals surface area contributed by atoms with Gasteiger partial charge in [0.15, 0.2) is 0 Å². The van der Waals surface area contributed by atoms with Gasteiger partial charge in [0.1, 0.15) is 0 Å². The minimum absolute atomic E-state index is 0.0261. The lowest BCUT2D eigenvalue weighted by molar-refractivity contribution is -0.138. The van der Waals surface area contributed by atoms with Crippen LogP contribution in [0.25, 0.3) is 0 Å². The molecule has 0 aromatic rings. The number of hydrogen-bond acceptors (Lipinski definition) is 5. The third-order valence-corrected chi connectivity index (χ3v) is 7.70. The molecule has 2 aliphatic rings. The first kappa shape index (κ1) is 23.1. The van der Waals surface area contributed by atoms with Crippen molar-refractivity contribution in [3.8, 4) is 0 Å². The van der Waals surface area contributed by atoms with Crippen molar-refractivity contribution in [2.45, 2.75) is 52.5 Å². The Morgan fingerprint density at radius 1 is 1.11 bits per heavy atom. The lowest BCUT2D eigenvalue weighted by atomic mass is 9.98. The molecule has 162 valence electrons. The summed E-state index contributed by atoms with van der Waals surface area (Å²) in [6.45, 7) is 9.59. The van der Waals surface area contributed by atoms with Gasteiger partial charge in [-0.15, -0.1) is 0 Å². The minimum atomic E-state index is -3.26. The van der Waals surface area contributed by atoms with Crippen molar-refractivity contribution in [3.63, 3.8) is 0 Å². The molecule has 0 aromatic carbocycles. The molecular formula is C19H36N4O4S. The molecular weight excluding hydrogens is 380 g/mol. The first-order valence-electron chi connectivity index (χ1n) is 10.5. The molecule has 1 N–H and O–H groups in total. The number of hydrogen-bond donors (Lipinski definition) is 1. The van der Waals surface area contributed by atoms with Gasteiger partial charge in [-0.3, -0.25) is 14.5 Å². The number of amides is 2. The van der Waals surface area contributed by atoms with Crippen molar-refractivity contribution in [3.05, 3.63) is 0 Å². The fourth-order valence-electron chi connectivity index (χ4n) is 3.79. The summed E-state index contributed by atoms with van der Waals surface area (Å²) < 4.78 is 26.2. The van der Waals surface area contributed by atoms with E-state index in [4.69, 9.17) is 0 Å². The smallest absolute Gasteiger partial charge is 0.234 e. The Hall–Kier alpha value is -1.19. The Morgan fingerprint density at radius 3 is 2.39 bits per heavy atom. The monoisotopic (exact) mass is 416 g/mol. The van der Waals surface area contributed by atoms with Gasteiger partial charge in [0.05, 0.1) is 18.2 Å².